The standard InChI is InChI=1S/C12H15BrOS/c13-7-2-1-3-9-4-5-11-10(12(9)14)6-8-15-11/h6,8-9H,1-5,7H2. The number of hydrogen-bond acceptors (Lipinski definition) is 2. The number of alkyl halides is 1. The van der Waals surface area contributed by atoms with Gasteiger partial charge in [0, 0.05) is 21.7 Å². The predicted molar refractivity (Wildman–Crippen MR) is 68.1 cm³/mol. The van der Waals surface area contributed by atoms with Crippen LogP contribution in [0.15, 0.2) is 11.4 Å². The molecule has 1 heterocycles. The average Bonchev–Trinajstić information content (AvgIpc) is 2.70. The molecule has 0 saturated heterocycles. The third kappa shape index (κ3) is 2.51. The summed E-state index contributed by atoms with van der Waals surface area (Å²) in [6, 6.07) is 2.00. The highest BCUT2D eigenvalue weighted by Crippen LogP contribution is 2.31. The largest absolute Gasteiger partial charge is 0.294 e. The molecule has 1 aromatic rings. The van der Waals surface area contributed by atoms with E-state index in [0.717, 1.165) is 30.2 Å². The van der Waals surface area contributed by atoms with Crippen LogP contribution in [0.5, 0.6) is 0 Å². The molecule has 0 N–H and O–H groups in total. The molecule has 1 aromatic heterocycles. The van der Waals surface area contributed by atoms with E-state index in [1.165, 1.54) is 17.7 Å². The number of thiophene rings is 1. The van der Waals surface area contributed by atoms with E-state index in [0.29, 0.717) is 11.7 Å². The number of carbonyl (C=O) groups excluding carboxylic acids is 1. The van der Waals surface area contributed by atoms with Gasteiger partial charge in [0.05, 0.1) is 0 Å². The number of hydrogen-bond donors (Lipinski definition) is 0. The minimum atomic E-state index is 0.297. The Morgan fingerprint density at radius 1 is 1.47 bits per heavy atom. The molecule has 1 atom stereocenters. The van der Waals surface area contributed by atoms with Crippen LogP contribution in [0, 0.1) is 5.92 Å². The van der Waals surface area contributed by atoms with Crippen LogP contribution < -0.4 is 0 Å². The van der Waals surface area contributed by atoms with Crippen LogP contribution in [0.4, 0.5) is 0 Å². The summed E-state index contributed by atoms with van der Waals surface area (Å²) >= 11 is 5.16. The lowest BCUT2D eigenvalue weighted by atomic mass is 9.84. The molecule has 0 saturated carbocycles. The number of fused-ring (bicyclic) bond motifs is 1. The van der Waals surface area contributed by atoms with E-state index in [1.807, 2.05) is 11.4 Å². The molecule has 1 aliphatic rings. The van der Waals surface area contributed by atoms with Crippen LogP contribution in [0.1, 0.15) is 40.9 Å². The Bertz CT molecular complexity index is 345. The molecular formula is C12H15BrOS. The molecule has 3 heteroatoms. The Morgan fingerprint density at radius 3 is 3.13 bits per heavy atom. The van der Waals surface area contributed by atoms with Gasteiger partial charge in [0.1, 0.15) is 0 Å². The minimum absolute atomic E-state index is 0.297. The monoisotopic (exact) mass is 286 g/mol. The van der Waals surface area contributed by atoms with Gasteiger partial charge in [-0.15, -0.1) is 11.3 Å². The first-order valence-electron chi connectivity index (χ1n) is 5.49. The Kier molecular flexibility index (Phi) is 3.98. The molecule has 1 nitrogen and oxygen atoms in total. The smallest absolute Gasteiger partial charge is 0.167 e. The lowest BCUT2D eigenvalue weighted by Crippen LogP contribution is -2.21. The van der Waals surface area contributed by atoms with Crippen molar-refractivity contribution in [1.29, 1.82) is 0 Å². The third-order valence-electron chi connectivity index (χ3n) is 3.04. The van der Waals surface area contributed by atoms with Gasteiger partial charge in [-0.3, -0.25) is 4.79 Å². The summed E-state index contributed by atoms with van der Waals surface area (Å²) in [6.07, 6.45) is 5.59. The summed E-state index contributed by atoms with van der Waals surface area (Å²) in [7, 11) is 0. The molecule has 15 heavy (non-hydrogen) atoms. The molecule has 2 rings (SSSR count). The second-order valence-corrected chi connectivity index (χ2v) is 5.84. The van der Waals surface area contributed by atoms with E-state index in [2.05, 4.69) is 15.9 Å². The maximum Gasteiger partial charge on any atom is 0.167 e. The van der Waals surface area contributed by atoms with Crippen molar-refractivity contribution in [1.82, 2.24) is 0 Å². The van der Waals surface area contributed by atoms with E-state index in [1.54, 1.807) is 11.3 Å². The van der Waals surface area contributed by atoms with Crippen molar-refractivity contribution in [3.63, 3.8) is 0 Å². The molecule has 0 spiro atoms. The fourth-order valence-electron chi connectivity index (χ4n) is 2.17. The van der Waals surface area contributed by atoms with E-state index >= 15 is 0 Å². The molecule has 1 unspecified atom stereocenters. The van der Waals surface area contributed by atoms with Gasteiger partial charge in [-0.1, -0.05) is 22.4 Å². The molecule has 82 valence electrons. The molecule has 0 fully saturated rings. The van der Waals surface area contributed by atoms with E-state index in [9.17, 15) is 4.79 Å². The van der Waals surface area contributed by atoms with Crippen LogP contribution in [0.25, 0.3) is 0 Å². The zero-order valence-corrected chi connectivity index (χ0v) is 11.1. The SMILES string of the molecule is O=C1c2ccsc2CCC1CCCCBr. The highest BCUT2D eigenvalue weighted by molar-refractivity contribution is 9.09. The van der Waals surface area contributed by atoms with Crippen molar-refractivity contribution in [2.75, 3.05) is 5.33 Å². The van der Waals surface area contributed by atoms with Gasteiger partial charge in [-0.2, -0.15) is 0 Å². The normalized spacial score (nSPS) is 20.3. The number of ketones is 1. The third-order valence-corrected chi connectivity index (χ3v) is 4.58. The highest BCUT2D eigenvalue weighted by atomic mass is 79.9. The number of aryl methyl sites for hydroxylation is 1. The van der Waals surface area contributed by atoms with Crippen LogP contribution >= 0.6 is 27.3 Å². The second kappa shape index (κ2) is 5.26. The molecule has 0 aliphatic heterocycles. The maximum atomic E-state index is 12.1. The topological polar surface area (TPSA) is 17.1 Å². The lowest BCUT2D eigenvalue weighted by molar-refractivity contribution is 0.0894. The summed E-state index contributed by atoms with van der Waals surface area (Å²) in [5.41, 5.74) is 1.01. The number of carbonyl (C=O) groups is 1. The van der Waals surface area contributed by atoms with Crippen LogP contribution in [-0.4, -0.2) is 11.1 Å². The first kappa shape index (κ1) is 11.3. The molecular weight excluding hydrogens is 272 g/mol. The number of rotatable bonds is 4. The number of unbranched alkanes of at least 4 members (excludes halogenated alkanes) is 1. The van der Waals surface area contributed by atoms with Crippen molar-refractivity contribution < 1.29 is 4.79 Å². The van der Waals surface area contributed by atoms with Gasteiger partial charge in [-0.25, -0.2) is 0 Å². The van der Waals surface area contributed by atoms with Gasteiger partial charge < -0.3 is 0 Å². The minimum Gasteiger partial charge on any atom is -0.294 e. The average molecular weight is 287 g/mol. The lowest BCUT2D eigenvalue weighted by Gasteiger charge is -2.20. The Hall–Kier alpha value is -0.150. The molecule has 0 aromatic carbocycles. The van der Waals surface area contributed by atoms with E-state index in [-0.39, 0.29) is 0 Å². The van der Waals surface area contributed by atoms with Gasteiger partial charge in [-0.05, 0) is 37.1 Å². The first-order valence-corrected chi connectivity index (χ1v) is 7.49. The second-order valence-electron chi connectivity index (χ2n) is 4.04. The van der Waals surface area contributed by atoms with Crippen LogP contribution in [0.3, 0.4) is 0 Å². The Balaban J connectivity index is 1.97. The van der Waals surface area contributed by atoms with Crippen LogP contribution in [0.2, 0.25) is 0 Å². The first-order chi connectivity index (χ1) is 7.33. The fourth-order valence-corrected chi connectivity index (χ4v) is 3.47. The van der Waals surface area contributed by atoms with Gasteiger partial charge in [0.25, 0.3) is 0 Å². The molecule has 1 aliphatic carbocycles. The number of Topliss-reactive ketones (excluding diaryl/α,β-unsaturated/α-hetero) is 1. The summed E-state index contributed by atoms with van der Waals surface area (Å²) < 4.78 is 0. The van der Waals surface area contributed by atoms with Crippen molar-refractivity contribution >= 4 is 33.0 Å². The molecule has 0 bridgehead atoms. The molecule has 0 radical (unpaired) electrons. The van der Waals surface area contributed by atoms with Crippen molar-refractivity contribution in [2.24, 2.45) is 5.92 Å². The zero-order valence-electron chi connectivity index (χ0n) is 8.67. The summed E-state index contributed by atoms with van der Waals surface area (Å²) in [4.78, 5) is 13.4. The number of halogens is 1. The van der Waals surface area contributed by atoms with Gasteiger partial charge >= 0.3 is 0 Å². The maximum absolute atomic E-state index is 12.1. The highest BCUT2D eigenvalue weighted by Gasteiger charge is 2.27. The summed E-state index contributed by atoms with van der Waals surface area (Å²) in [5, 5.41) is 3.10. The summed E-state index contributed by atoms with van der Waals surface area (Å²) in [6.45, 7) is 0. The predicted octanol–water partition coefficient (Wildman–Crippen LogP) is 4.06. The van der Waals surface area contributed by atoms with Gasteiger partial charge in [0.2, 0.25) is 0 Å². The fraction of sp³-hybridized carbons (Fsp3) is 0.583. The molecule has 0 amide bonds. The Morgan fingerprint density at radius 2 is 2.33 bits per heavy atom. The Labute approximate surface area is 103 Å². The quantitative estimate of drug-likeness (QED) is 0.603. The van der Waals surface area contributed by atoms with Gasteiger partial charge in [0.15, 0.2) is 5.78 Å². The van der Waals surface area contributed by atoms with E-state index in [4.69, 9.17) is 0 Å². The van der Waals surface area contributed by atoms with Crippen molar-refractivity contribution in [2.45, 2.75) is 32.1 Å². The zero-order chi connectivity index (χ0) is 10.7. The van der Waals surface area contributed by atoms with Crippen molar-refractivity contribution in [3.8, 4) is 0 Å². The summed E-state index contributed by atoms with van der Waals surface area (Å²) in [5.74, 6) is 0.693. The van der Waals surface area contributed by atoms with Crippen molar-refractivity contribution in [3.05, 3.63) is 21.9 Å². The van der Waals surface area contributed by atoms with Crippen LogP contribution in [-0.2, 0) is 6.42 Å². The van der Waals surface area contributed by atoms with E-state index < -0.39 is 0 Å².